The fourth-order valence-electron chi connectivity index (χ4n) is 2.52. The van der Waals surface area contributed by atoms with Gasteiger partial charge < -0.3 is 10.1 Å². The first-order valence-electron chi connectivity index (χ1n) is 7.42. The van der Waals surface area contributed by atoms with Crippen LogP contribution in [0.1, 0.15) is 22.1 Å². The highest BCUT2D eigenvalue weighted by Crippen LogP contribution is 2.40. The number of ketones is 1. The smallest absolute Gasteiger partial charge is 0.416 e. The fourth-order valence-corrected chi connectivity index (χ4v) is 3.27. The van der Waals surface area contributed by atoms with Gasteiger partial charge in [0.05, 0.1) is 16.0 Å². The Labute approximate surface area is 146 Å². The standard InChI is InChI=1S/C18H14F3NO2S/c1-2-8-22-17-14(11-5-3-6-12(10-11)18(19,20)21)15(23)16(24-17)13-7-4-9-25-13/h2-7,9-10,16,22H,1,8H2. The van der Waals surface area contributed by atoms with Gasteiger partial charge >= 0.3 is 6.18 Å². The van der Waals surface area contributed by atoms with Crippen LogP contribution in [0.2, 0.25) is 0 Å². The van der Waals surface area contributed by atoms with E-state index in [9.17, 15) is 18.0 Å². The SMILES string of the molecule is C=CCNC1=C(c2cccc(C(F)(F)F)c2)C(=O)C(c2cccs2)O1. The highest BCUT2D eigenvalue weighted by Gasteiger charge is 2.38. The Bertz CT molecular complexity index is 825. The maximum Gasteiger partial charge on any atom is 0.416 e. The number of ether oxygens (including phenoxy) is 1. The van der Waals surface area contributed by atoms with E-state index in [0.717, 1.165) is 12.1 Å². The summed E-state index contributed by atoms with van der Waals surface area (Å²) in [4.78, 5) is 13.5. The number of nitrogens with one attached hydrogen (secondary N) is 1. The Balaban J connectivity index is 2.03. The summed E-state index contributed by atoms with van der Waals surface area (Å²) in [5.74, 6) is -0.198. The second kappa shape index (κ2) is 6.76. The number of hydrogen-bond acceptors (Lipinski definition) is 4. The molecule has 3 nitrogen and oxygen atoms in total. The van der Waals surface area contributed by atoms with E-state index in [4.69, 9.17) is 4.74 Å². The van der Waals surface area contributed by atoms with Gasteiger partial charge in [0.15, 0.2) is 12.0 Å². The molecule has 0 radical (unpaired) electrons. The van der Waals surface area contributed by atoms with Crippen LogP contribution in [0, 0.1) is 0 Å². The predicted octanol–water partition coefficient (Wildman–Crippen LogP) is 4.55. The van der Waals surface area contributed by atoms with Crippen molar-refractivity contribution in [3.63, 3.8) is 0 Å². The van der Waals surface area contributed by atoms with Crippen LogP contribution in [-0.2, 0) is 15.7 Å². The summed E-state index contributed by atoms with van der Waals surface area (Å²) in [6.45, 7) is 3.90. The first-order valence-corrected chi connectivity index (χ1v) is 8.30. The van der Waals surface area contributed by atoms with E-state index in [0.29, 0.717) is 11.4 Å². The van der Waals surface area contributed by atoms with Crippen molar-refractivity contribution in [2.24, 2.45) is 0 Å². The van der Waals surface area contributed by atoms with Crippen molar-refractivity contribution in [3.8, 4) is 0 Å². The quantitative estimate of drug-likeness (QED) is 0.790. The van der Waals surface area contributed by atoms with Gasteiger partial charge in [-0.05, 0) is 29.1 Å². The number of thiophene rings is 1. The van der Waals surface area contributed by atoms with Crippen molar-refractivity contribution in [2.45, 2.75) is 12.3 Å². The van der Waals surface area contributed by atoms with E-state index in [1.165, 1.54) is 23.5 Å². The highest BCUT2D eigenvalue weighted by molar-refractivity contribution is 7.10. The Morgan fingerprint density at radius 3 is 2.72 bits per heavy atom. The molecule has 2 heterocycles. The Morgan fingerprint density at radius 2 is 2.08 bits per heavy atom. The summed E-state index contributed by atoms with van der Waals surface area (Å²) in [7, 11) is 0. The van der Waals surface area contributed by atoms with Gasteiger partial charge in [-0.15, -0.1) is 17.9 Å². The monoisotopic (exact) mass is 365 g/mol. The summed E-state index contributed by atoms with van der Waals surface area (Å²) in [6.07, 6.45) is -3.76. The molecule has 1 aromatic heterocycles. The van der Waals surface area contributed by atoms with E-state index < -0.39 is 17.8 Å². The topological polar surface area (TPSA) is 38.3 Å². The molecule has 0 aliphatic carbocycles. The van der Waals surface area contributed by atoms with Crippen molar-refractivity contribution in [1.29, 1.82) is 0 Å². The van der Waals surface area contributed by atoms with Gasteiger partial charge in [-0.25, -0.2) is 0 Å². The van der Waals surface area contributed by atoms with Crippen LogP contribution in [0.5, 0.6) is 0 Å². The van der Waals surface area contributed by atoms with Crippen molar-refractivity contribution in [3.05, 3.63) is 76.3 Å². The summed E-state index contributed by atoms with van der Waals surface area (Å²) < 4.78 is 44.7. The molecule has 2 aromatic rings. The zero-order chi connectivity index (χ0) is 18.0. The highest BCUT2D eigenvalue weighted by atomic mass is 32.1. The molecular weight excluding hydrogens is 351 g/mol. The summed E-state index contributed by atoms with van der Waals surface area (Å²) in [5, 5.41) is 4.71. The van der Waals surface area contributed by atoms with E-state index in [1.54, 1.807) is 18.2 Å². The first-order chi connectivity index (χ1) is 11.9. The fraction of sp³-hybridized carbons (Fsp3) is 0.167. The van der Waals surface area contributed by atoms with Gasteiger partial charge in [0.2, 0.25) is 5.78 Å². The van der Waals surface area contributed by atoms with Gasteiger partial charge in [-0.2, -0.15) is 13.2 Å². The van der Waals surface area contributed by atoms with Gasteiger partial charge in [0.1, 0.15) is 0 Å². The largest absolute Gasteiger partial charge is 0.461 e. The van der Waals surface area contributed by atoms with E-state index >= 15 is 0 Å². The van der Waals surface area contributed by atoms with Crippen LogP contribution >= 0.6 is 11.3 Å². The molecule has 1 atom stereocenters. The van der Waals surface area contributed by atoms with E-state index in [2.05, 4.69) is 11.9 Å². The number of carbonyl (C=O) groups excluding carboxylic acids is 1. The van der Waals surface area contributed by atoms with Crippen molar-refractivity contribution < 1.29 is 22.7 Å². The number of hydrogen-bond donors (Lipinski definition) is 1. The normalized spacial score (nSPS) is 17.6. The number of benzene rings is 1. The average molecular weight is 365 g/mol. The summed E-state index contributed by atoms with van der Waals surface area (Å²) in [5.41, 5.74) is -0.523. The van der Waals surface area contributed by atoms with Crippen molar-refractivity contribution in [2.75, 3.05) is 6.54 Å². The van der Waals surface area contributed by atoms with E-state index in [-0.39, 0.29) is 22.8 Å². The minimum absolute atomic E-state index is 0.117. The Kier molecular flexibility index (Phi) is 4.67. The molecule has 0 saturated heterocycles. The van der Waals surface area contributed by atoms with Crippen LogP contribution in [0.4, 0.5) is 13.2 Å². The molecule has 0 bridgehead atoms. The molecule has 0 amide bonds. The molecule has 3 rings (SSSR count). The van der Waals surface area contributed by atoms with Gasteiger partial charge in [-0.1, -0.05) is 24.3 Å². The van der Waals surface area contributed by atoms with Gasteiger partial charge in [0.25, 0.3) is 0 Å². The molecule has 7 heteroatoms. The molecule has 0 saturated carbocycles. The number of carbonyl (C=O) groups is 1. The van der Waals surface area contributed by atoms with Gasteiger partial charge in [-0.3, -0.25) is 4.79 Å². The second-order valence-electron chi connectivity index (χ2n) is 5.33. The van der Waals surface area contributed by atoms with Crippen LogP contribution in [0.25, 0.3) is 5.57 Å². The molecule has 0 fully saturated rings. The lowest BCUT2D eigenvalue weighted by Crippen LogP contribution is -2.14. The van der Waals surface area contributed by atoms with Crippen molar-refractivity contribution in [1.82, 2.24) is 5.32 Å². The van der Waals surface area contributed by atoms with Crippen LogP contribution in [-0.4, -0.2) is 12.3 Å². The summed E-state index contributed by atoms with van der Waals surface area (Å²) >= 11 is 1.35. The predicted molar refractivity (Wildman–Crippen MR) is 89.7 cm³/mol. The van der Waals surface area contributed by atoms with Crippen LogP contribution < -0.4 is 5.32 Å². The molecule has 1 aromatic carbocycles. The van der Waals surface area contributed by atoms with E-state index in [1.807, 2.05) is 5.38 Å². The second-order valence-corrected chi connectivity index (χ2v) is 6.31. The molecular formula is C18H14F3NO2S. The zero-order valence-corrected chi connectivity index (χ0v) is 13.8. The third-order valence-corrected chi connectivity index (χ3v) is 4.55. The number of rotatable bonds is 5. The molecule has 130 valence electrons. The minimum Gasteiger partial charge on any atom is -0.461 e. The molecule has 25 heavy (non-hydrogen) atoms. The lowest BCUT2D eigenvalue weighted by atomic mass is 9.98. The maximum absolute atomic E-state index is 13.0. The summed E-state index contributed by atoms with van der Waals surface area (Å²) in [6, 6.07) is 8.23. The van der Waals surface area contributed by atoms with Gasteiger partial charge in [0, 0.05) is 6.54 Å². The molecule has 1 aliphatic heterocycles. The lowest BCUT2D eigenvalue weighted by Gasteiger charge is -2.10. The Hall–Kier alpha value is -2.54. The van der Waals surface area contributed by atoms with Crippen molar-refractivity contribution >= 4 is 22.7 Å². The number of halogens is 3. The molecule has 1 aliphatic rings. The maximum atomic E-state index is 13.0. The number of alkyl halides is 3. The third kappa shape index (κ3) is 3.46. The van der Waals surface area contributed by atoms with Crippen LogP contribution in [0.15, 0.2) is 60.3 Å². The first kappa shape index (κ1) is 17.3. The molecule has 0 spiro atoms. The minimum atomic E-state index is -4.49. The van der Waals surface area contributed by atoms with Crippen LogP contribution in [0.3, 0.4) is 0 Å². The lowest BCUT2D eigenvalue weighted by molar-refractivity contribution is -0.137. The average Bonchev–Trinajstić information content (AvgIpc) is 3.20. The third-order valence-electron chi connectivity index (χ3n) is 3.63. The Morgan fingerprint density at radius 1 is 1.28 bits per heavy atom. The molecule has 1 unspecified atom stereocenters. The number of Topliss-reactive ketones (excluding diaryl/α,β-unsaturated/α-hetero) is 1. The zero-order valence-electron chi connectivity index (χ0n) is 13.0. The molecule has 1 N–H and O–H groups in total.